The van der Waals surface area contributed by atoms with E-state index in [9.17, 15) is 18.0 Å². The fourth-order valence-electron chi connectivity index (χ4n) is 4.65. The van der Waals surface area contributed by atoms with Gasteiger partial charge in [-0.25, -0.2) is 13.2 Å². The molecule has 222 valence electrons. The number of amides is 2. The number of nitrogens with one attached hydrogen (secondary N) is 2. The van der Waals surface area contributed by atoms with Gasteiger partial charge in [-0.1, -0.05) is 25.7 Å². The second-order valence-electron chi connectivity index (χ2n) is 12.4. The van der Waals surface area contributed by atoms with E-state index < -0.39 is 29.8 Å². The first kappa shape index (κ1) is 30.4. The molecule has 0 aliphatic carbocycles. The van der Waals surface area contributed by atoms with Gasteiger partial charge in [0.05, 0.1) is 29.8 Å². The SMILES string of the molecule is COc1ccc(C)cc1S(=O)(=O)Nc1cc(C(=O)N2CCC(NC(=O)OC(C)(C)C)C2)c2oc([Si](C)(C)C)cc2c1. The van der Waals surface area contributed by atoms with Crippen LogP contribution in [0.2, 0.25) is 19.6 Å². The molecule has 3 aromatic rings. The number of fused-ring (bicyclic) bond motifs is 1. The smallest absolute Gasteiger partial charge is 0.407 e. The zero-order chi connectivity index (χ0) is 30.3. The molecule has 0 saturated carbocycles. The Balaban J connectivity index is 1.68. The van der Waals surface area contributed by atoms with Crippen LogP contribution in [-0.2, 0) is 14.8 Å². The number of sulfonamides is 1. The fourth-order valence-corrected chi connectivity index (χ4v) is 6.94. The van der Waals surface area contributed by atoms with Crippen molar-refractivity contribution in [3.05, 3.63) is 47.5 Å². The van der Waals surface area contributed by atoms with Gasteiger partial charge in [0.15, 0.2) is 0 Å². The topological polar surface area (TPSA) is 127 Å². The minimum atomic E-state index is -4.05. The fraction of sp³-hybridized carbons (Fsp3) is 0.448. The second kappa shape index (κ2) is 11.0. The molecule has 0 spiro atoms. The molecule has 1 fully saturated rings. The van der Waals surface area contributed by atoms with E-state index in [0.29, 0.717) is 23.9 Å². The van der Waals surface area contributed by atoms with Crippen molar-refractivity contribution in [2.45, 2.75) is 70.3 Å². The molecule has 12 heteroatoms. The molecule has 1 aliphatic rings. The van der Waals surface area contributed by atoms with Crippen molar-refractivity contribution in [3.63, 3.8) is 0 Å². The summed E-state index contributed by atoms with van der Waals surface area (Å²) in [5.74, 6) is -0.0976. The summed E-state index contributed by atoms with van der Waals surface area (Å²) >= 11 is 0. The van der Waals surface area contributed by atoms with Gasteiger partial charge in [-0.3, -0.25) is 9.52 Å². The third-order valence-corrected chi connectivity index (χ3v) is 9.77. The van der Waals surface area contributed by atoms with Crippen LogP contribution in [0.25, 0.3) is 11.0 Å². The molecule has 0 radical (unpaired) electrons. The molecule has 1 aromatic heterocycles. The van der Waals surface area contributed by atoms with E-state index in [1.807, 2.05) is 6.07 Å². The van der Waals surface area contributed by atoms with E-state index in [4.69, 9.17) is 13.9 Å². The Hall–Kier alpha value is -3.51. The van der Waals surface area contributed by atoms with Crippen LogP contribution in [0.5, 0.6) is 5.75 Å². The first-order valence-electron chi connectivity index (χ1n) is 13.5. The number of likely N-dealkylation sites (tertiary alicyclic amines) is 1. The third-order valence-electron chi connectivity index (χ3n) is 6.64. The molecule has 1 aliphatic heterocycles. The Bertz CT molecular complexity index is 1590. The number of anilines is 1. The minimum absolute atomic E-state index is 0.00134. The second-order valence-corrected chi connectivity index (χ2v) is 19.1. The van der Waals surface area contributed by atoms with Gasteiger partial charge in [0.2, 0.25) is 0 Å². The summed E-state index contributed by atoms with van der Waals surface area (Å²) in [7, 11) is -4.54. The van der Waals surface area contributed by atoms with Crippen molar-refractivity contribution in [2.24, 2.45) is 0 Å². The molecule has 1 saturated heterocycles. The normalized spacial score (nSPS) is 16.1. The lowest BCUT2D eigenvalue weighted by atomic mass is 10.1. The van der Waals surface area contributed by atoms with E-state index in [2.05, 4.69) is 29.7 Å². The number of carbonyl (C=O) groups is 2. The summed E-state index contributed by atoms with van der Waals surface area (Å²) in [6, 6.07) is 9.72. The van der Waals surface area contributed by atoms with Gasteiger partial charge in [0, 0.05) is 18.5 Å². The molecule has 1 unspecified atom stereocenters. The van der Waals surface area contributed by atoms with Crippen LogP contribution in [0, 0.1) is 6.92 Å². The van der Waals surface area contributed by atoms with Gasteiger partial charge >= 0.3 is 6.09 Å². The summed E-state index contributed by atoms with van der Waals surface area (Å²) in [4.78, 5) is 27.8. The van der Waals surface area contributed by atoms with E-state index in [-0.39, 0.29) is 40.4 Å². The Kier molecular flexibility index (Phi) is 8.20. The number of benzene rings is 2. The third kappa shape index (κ3) is 7.04. The molecule has 2 aromatic carbocycles. The number of hydrogen-bond donors (Lipinski definition) is 2. The van der Waals surface area contributed by atoms with Crippen LogP contribution in [0.3, 0.4) is 0 Å². The summed E-state index contributed by atoms with van der Waals surface area (Å²) < 4.78 is 46.5. The summed E-state index contributed by atoms with van der Waals surface area (Å²) in [5, 5.41) is 4.26. The van der Waals surface area contributed by atoms with Crippen molar-refractivity contribution in [2.75, 3.05) is 24.9 Å². The lowest BCUT2D eigenvalue weighted by molar-refractivity contribution is 0.0502. The van der Waals surface area contributed by atoms with Crippen LogP contribution in [0.15, 0.2) is 45.7 Å². The van der Waals surface area contributed by atoms with Gasteiger partial charge < -0.3 is 24.1 Å². The molecule has 1 atom stereocenters. The maximum Gasteiger partial charge on any atom is 0.407 e. The molecule has 41 heavy (non-hydrogen) atoms. The highest BCUT2D eigenvalue weighted by molar-refractivity contribution is 7.92. The lowest BCUT2D eigenvalue weighted by Gasteiger charge is -2.22. The number of nitrogens with zero attached hydrogens (tertiary/aromatic N) is 1. The highest BCUT2D eigenvalue weighted by Crippen LogP contribution is 2.31. The van der Waals surface area contributed by atoms with Crippen molar-refractivity contribution >= 4 is 52.1 Å². The number of hydrogen-bond acceptors (Lipinski definition) is 7. The van der Waals surface area contributed by atoms with Crippen molar-refractivity contribution < 1.29 is 31.9 Å². The Morgan fingerprint density at radius 2 is 1.80 bits per heavy atom. The molecule has 2 N–H and O–H groups in total. The van der Waals surface area contributed by atoms with E-state index in [1.54, 1.807) is 50.8 Å². The van der Waals surface area contributed by atoms with Gasteiger partial charge in [-0.15, -0.1) is 0 Å². The van der Waals surface area contributed by atoms with Gasteiger partial charge in [0.1, 0.15) is 29.9 Å². The molecule has 2 amide bonds. The zero-order valence-corrected chi connectivity index (χ0v) is 26.7. The van der Waals surface area contributed by atoms with Gasteiger partial charge in [0.25, 0.3) is 15.9 Å². The quantitative estimate of drug-likeness (QED) is 0.371. The van der Waals surface area contributed by atoms with E-state index in [1.165, 1.54) is 19.2 Å². The van der Waals surface area contributed by atoms with Gasteiger partial charge in [-0.05, 0) is 70.0 Å². The lowest BCUT2D eigenvalue weighted by Crippen LogP contribution is -2.41. The maximum atomic E-state index is 13.8. The Morgan fingerprint density at radius 1 is 1.10 bits per heavy atom. The summed E-state index contributed by atoms with van der Waals surface area (Å²) in [6.07, 6.45) is 0.0271. The number of alkyl carbamates (subject to hydrolysis) is 1. The average Bonchev–Trinajstić information content (AvgIpc) is 3.49. The minimum Gasteiger partial charge on any atom is -0.495 e. The Morgan fingerprint density at radius 3 is 2.44 bits per heavy atom. The first-order valence-corrected chi connectivity index (χ1v) is 18.5. The zero-order valence-electron chi connectivity index (χ0n) is 24.9. The number of aryl methyl sites for hydroxylation is 1. The predicted molar refractivity (Wildman–Crippen MR) is 161 cm³/mol. The number of ether oxygens (including phenoxy) is 2. The standard InChI is InChI=1S/C29H39N3O7SSi/c1-18-9-10-23(37-5)24(13-18)40(35,36)31-21-14-19-15-25(41(6,7)8)38-26(19)22(16-21)27(33)32-12-11-20(17-32)30-28(34)39-29(2,3)4/h9-10,13-16,20,31H,11-12,17H2,1-8H3,(H,30,34). The van der Waals surface area contributed by atoms with Crippen molar-refractivity contribution in [1.82, 2.24) is 10.2 Å². The predicted octanol–water partition coefficient (Wildman–Crippen LogP) is 4.84. The van der Waals surface area contributed by atoms with Gasteiger partial charge in [-0.2, -0.15) is 0 Å². The number of methoxy groups -OCH3 is 1. The molecule has 2 heterocycles. The van der Waals surface area contributed by atoms with Crippen LogP contribution in [-0.4, -0.2) is 65.2 Å². The van der Waals surface area contributed by atoms with Crippen LogP contribution in [0.4, 0.5) is 10.5 Å². The Labute approximate surface area is 242 Å². The van der Waals surface area contributed by atoms with Crippen LogP contribution >= 0.6 is 0 Å². The number of rotatable bonds is 7. The highest BCUT2D eigenvalue weighted by atomic mass is 32.2. The van der Waals surface area contributed by atoms with Crippen molar-refractivity contribution in [3.8, 4) is 5.75 Å². The summed E-state index contributed by atoms with van der Waals surface area (Å²) in [5.41, 5.74) is 1.02. The maximum absolute atomic E-state index is 13.8. The average molecular weight is 602 g/mol. The number of furan rings is 1. The molecule has 10 nitrogen and oxygen atoms in total. The molecular weight excluding hydrogens is 562 g/mol. The molecule has 4 rings (SSSR count). The largest absolute Gasteiger partial charge is 0.495 e. The van der Waals surface area contributed by atoms with Crippen LogP contribution in [0.1, 0.15) is 43.1 Å². The van der Waals surface area contributed by atoms with Crippen molar-refractivity contribution in [1.29, 1.82) is 0 Å². The molecule has 0 bridgehead atoms. The summed E-state index contributed by atoms with van der Waals surface area (Å²) in [6.45, 7) is 14.3. The van der Waals surface area contributed by atoms with Crippen LogP contribution < -0.4 is 20.2 Å². The number of carbonyl (C=O) groups excluding carboxylic acids is 2. The highest BCUT2D eigenvalue weighted by Gasteiger charge is 2.32. The molecular formula is C29H39N3O7SSi. The van der Waals surface area contributed by atoms with E-state index in [0.717, 1.165) is 10.9 Å². The van der Waals surface area contributed by atoms with E-state index >= 15 is 0 Å². The first-order chi connectivity index (χ1) is 19.0. The monoisotopic (exact) mass is 601 g/mol.